The Morgan fingerprint density at radius 2 is 1.53 bits per heavy atom. The summed E-state index contributed by atoms with van der Waals surface area (Å²) >= 11 is 0. The lowest BCUT2D eigenvalue weighted by Crippen LogP contribution is -2.28. The second-order valence-corrected chi connectivity index (χ2v) is 5.12. The molecular weight excluding hydrogens is 238 g/mol. The summed E-state index contributed by atoms with van der Waals surface area (Å²) in [6.45, 7) is 7.76. The number of nitrogens with zero attached hydrogens (tertiary/aromatic N) is 1. The summed E-state index contributed by atoms with van der Waals surface area (Å²) in [6.07, 6.45) is 5.85. The van der Waals surface area contributed by atoms with Crippen LogP contribution in [0.15, 0.2) is 18.2 Å². The minimum atomic E-state index is -0.0439. The van der Waals surface area contributed by atoms with E-state index in [0.29, 0.717) is 0 Å². The third kappa shape index (κ3) is 5.97. The van der Waals surface area contributed by atoms with Crippen molar-refractivity contribution in [3.8, 4) is 11.5 Å². The van der Waals surface area contributed by atoms with Gasteiger partial charge in [0.1, 0.15) is 0 Å². The molecule has 0 spiro atoms. The number of rotatable bonds is 9. The van der Waals surface area contributed by atoms with Gasteiger partial charge in [0, 0.05) is 6.54 Å². The van der Waals surface area contributed by atoms with E-state index in [1.165, 1.54) is 25.7 Å². The summed E-state index contributed by atoms with van der Waals surface area (Å²) < 4.78 is 0. The molecule has 3 nitrogen and oxygen atoms in total. The highest BCUT2D eigenvalue weighted by atomic mass is 16.3. The largest absolute Gasteiger partial charge is 0.504 e. The zero-order valence-corrected chi connectivity index (χ0v) is 12.2. The average molecular weight is 265 g/mol. The second kappa shape index (κ2) is 8.81. The molecule has 0 fully saturated rings. The van der Waals surface area contributed by atoms with Crippen LogP contribution >= 0.6 is 0 Å². The summed E-state index contributed by atoms with van der Waals surface area (Å²) in [5.41, 5.74) is 1.08. The van der Waals surface area contributed by atoms with Gasteiger partial charge in [0.2, 0.25) is 0 Å². The maximum absolute atomic E-state index is 9.48. The van der Waals surface area contributed by atoms with Crippen molar-refractivity contribution < 1.29 is 10.2 Å². The highest BCUT2D eigenvalue weighted by molar-refractivity contribution is 5.40. The Labute approximate surface area is 116 Å². The van der Waals surface area contributed by atoms with Gasteiger partial charge in [-0.3, -0.25) is 0 Å². The molecule has 0 saturated heterocycles. The first-order chi connectivity index (χ1) is 9.17. The molecule has 0 heterocycles. The van der Waals surface area contributed by atoms with Gasteiger partial charge in [0.15, 0.2) is 11.5 Å². The van der Waals surface area contributed by atoms with Crippen molar-refractivity contribution in [3.63, 3.8) is 0 Å². The van der Waals surface area contributed by atoms with E-state index in [4.69, 9.17) is 0 Å². The zero-order chi connectivity index (χ0) is 14.1. The van der Waals surface area contributed by atoms with Crippen molar-refractivity contribution in [1.29, 1.82) is 0 Å². The summed E-state index contributed by atoms with van der Waals surface area (Å²) in [4.78, 5) is 2.50. The molecule has 1 aromatic rings. The molecular formula is C16H27NO2. The van der Waals surface area contributed by atoms with Crippen molar-refractivity contribution in [1.82, 2.24) is 4.90 Å². The molecule has 0 bridgehead atoms. The van der Waals surface area contributed by atoms with Gasteiger partial charge in [-0.25, -0.2) is 0 Å². The maximum atomic E-state index is 9.48. The van der Waals surface area contributed by atoms with Crippen LogP contribution in [0.4, 0.5) is 0 Å². The van der Waals surface area contributed by atoms with Crippen LogP contribution in [0, 0.1) is 0 Å². The predicted molar refractivity (Wildman–Crippen MR) is 79.7 cm³/mol. The van der Waals surface area contributed by atoms with Gasteiger partial charge in [-0.05, 0) is 50.0 Å². The van der Waals surface area contributed by atoms with Crippen molar-refractivity contribution in [2.75, 3.05) is 19.6 Å². The molecule has 0 saturated carbocycles. The Morgan fingerprint density at radius 1 is 0.895 bits per heavy atom. The third-order valence-corrected chi connectivity index (χ3v) is 3.41. The smallest absolute Gasteiger partial charge is 0.157 e. The molecule has 0 aromatic heterocycles. The molecule has 1 rings (SSSR count). The lowest BCUT2D eigenvalue weighted by molar-refractivity contribution is 0.268. The molecule has 0 amide bonds. The topological polar surface area (TPSA) is 43.7 Å². The molecule has 0 aliphatic rings. The highest BCUT2D eigenvalue weighted by Crippen LogP contribution is 2.25. The van der Waals surface area contributed by atoms with Gasteiger partial charge in [-0.1, -0.05) is 32.8 Å². The third-order valence-electron chi connectivity index (χ3n) is 3.41. The van der Waals surface area contributed by atoms with E-state index in [9.17, 15) is 10.2 Å². The van der Waals surface area contributed by atoms with Crippen LogP contribution in [0.1, 0.15) is 45.1 Å². The fourth-order valence-corrected chi connectivity index (χ4v) is 2.11. The van der Waals surface area contributed by atoms with Gasteiger partial charge in [-0.2, -0.15) is 0 Å². The van der Waals surface area contributed by atoms with E-state index in [0.717, 1.165) is 31.6 Å². The van der Waals surface area contributed by atoms with Crippen molar-refractivity contribution in [3.05, 3.63) is 23.8 Å². The van der Waals surface area contributed by atoms with Crippen molar-refractivity contribution >= 4 is 0 Å². The maximum Gasteiger partial charge on any atom is 0.157 e. The lowest BCUT2D eigenvalue weighted by atomic mass is 10.1. The van der Waals surface area contributed by atoms with E-state index in [1.807, 2.05) is 6.07 Å². The van der Waals surface area contributed by atoms with Gasteiger partial charge < -0.3 is 15.1 Å². The Morgan fingerprint density at radius 3 is 2.05 bits per heavy atom. The van der Waals surface area contributed by atoms with E-state index >= 15 is 0 Å². The number of unbranched alkanes of at least 4 members (excludes halogenated alkanes) is 2. The Balaban J connectivity index is 2.46. The number of aromatic hydroxyl groups is 2. The quantitative estimate of drug-likeness (QED) is 0.671. The van der Waals surface area contributed by atoms with Crippen LogP contribution in [-0.4, -0.2) is 34.7 Å². The Bertz CT molecular complexity index is 358. The van der Waals surface area contributed by atoms with Gasteiger partial charge in [0.25, 0.3) is 0 Å². The molecule has 108 valence electrons. The normalized spacial score (nSPS) is 11.1. The van der Waals surface area contributed by atoms with E-state index in [2.05, 4.69) is 18.7 Å². The first-order valence-corrected chi connectivity index (χ1v) is 7.40. The van der Waals surface area contributed by atoms with Crippen LogP contribution in [-0.2, 0) is 6.42 Å². The molecule has 0 aliphatic carbocycles. The second-order valence-electron chi connectivity index (χ2n) is 5.12. The molecule has 0 aliphatic heterocycles. The minimum Gasteiger partial charge on any atom is -0.504 e. The van der Waals surface area contributed by atoms with Crippen LogP contribution in [0.3, 0.4) is 0 Å². The van der Waals surface area contributed by atoms with E-state index < -0.39 is 0 Å². The Hall–Kier alpha value is -1.22. The minimum absolute atomic E-state index is 0.0221. The van der Waals surface area contributed by atoms with Crippen molar-refractivity contribution in [2.24, 2.45) is 0 Å². The molecule has 0 radical (unpaired) electrons. The highest BCUT2D eigenvalue weighted by Gasteiger charge is 2.06. The van der Waals surface area contributed by atoms with Crippen LogP contribution in [0.5, 0.6) is 11.5 Å². The fraction of sp³-hybridized carbons (Fsp3) is 0.625. The molecule has 0 atom stereocenters. The molecule has 3 heteroatoms. The number of hydrogen-bond donors (Lipinski definition) is 2. The molecule has 1 aromatic carbocycles. The summed E-state index contributed by atoms with van der Waals surface area (Å²) in [5.74, 6) is -0.0660. The fourth-order valence-electron chi connectivity index (χ4n) is 2.11. The summed E-state index contributed by atoms with van der Waals surface area (Å²) in [5, 5.41) is 18.8. The van der Waals surface area contributed by atoms with Gasteiger partial charge in [-0.15, -0.1) is 0 Å². The predicted octanol–water partition coefficient (Wildman–Crippen LogP) is 3.54. The average Bonchev–Trinajstić information content (AvgIpc) is 2.41. The Kier molecular flexibility index (Phi) is 7.34. The first-order valence-electron chi connectivity index (χ1n) is 7.40. The summed E-state index contributed by atoms with van der Waals surface area (Å²) in [7, 11) is 0. The number of phenols is 2. The van der Waals surface area contributed by atoms with Crippen LogP contribution < -0.4 is 0 Å². The molecule has 0 unspecified atom stereocenters. The molecule has 2 N–H and O–H groups in total. The lowest BCUT2D eigenvalue weighted by Gasteiger charge is -2.22. The number of benzene rings is 1. The first kappa shape index (κ1) is 15.8. The standard InChI is InChI=1S/C16H27NO2/c1-3-5-10-17(11-6-4-2)12-9-14-7-8-15(18)16(19)13-14/h7-8,13,18-19H,3-6,9-12H2,1-2H3. The van der Waals surface area contributed by atoms with E-state index in [-0.39, 0.29) is 11.5 Å². The van der Waals surface area contributed by atoms with Crippen molar-refractivity contribution in [2.45, 2.75) is 46.0 Å². The van der Waals surface area contributed by atoms with Gasteiger partial charge in [0.05, 0.1) is 0 Å². The van der Waals surface area contributed by atoms with Crippen LogP contribution in [0.2, 0.25) is 0 Å². The van der Waals surface area contributed by atoms with Crippen LogP contribution in [0.25, 0.3) is 0 Å². The SMILES string of the molecule is CCCCN(CCCC)CCc1ccc(O)c(O)c1. The van der Waals surface area contributed by atoms with Gasteiger partial charge >= 0.3 is 0 Å². The summed E-state index contributed by atoms with van der Waals surface area (Å²) in [6, 6.07) is 5.10. The van der Waals surface area contributed by atoms with E-state index in [1.54, 1.807) is 12.1 Å². The number of hydrogen-bond acceptors (Lipinski definition) is 3. The zero-order valence-electron chi connectivity index (χ0n) is 12.2. The number of phenolic OH excluding ortho intramolecular Hbond substituents is 2. The monoisotopic (exact) mass is 265 g/mol. The molecule has 19 heavy (non-hydrogen) atoms.